The van der Waals surface area contributed by atoms with Crippen molar-refractivity contribution in [2.24, 2.45) is 5.73 Å². The molecule has 0 saturated heterocycles. The lowest BCUT2D eigenvalue weighted by atomic mass is 10.1. The summed E-state index contributed by atoms with van der Waals surface area (Å²) in [6, 6.07) is 4.77. The largest absolute Gasteiger partial charge is 0.389 e. The van der Waals surface area contributed by atoms with Crippen LogP contribution in [0, 0.1) is 6.92 Å². The van der Waals surface area contributed by atoms with Crippen molar-refractivity contribution in [1.82, 2.24) is 4.72 Å². The zero-order valence-corrected chi connectivity index (χ0v) is 13.7. The summed E-state index contributed by atoms with van der Waals surface area (Å²) < 4.78 is 32.3. The van der Waals surface area contributed by atoms with Crippen LogP contribution in [0.2, 0.25) is 0 Å². The van der Waals surface area contributed by atoms with Gasteiger partial charge in [0.2, 0.25) is 10.0 Å². The van der Waals surface area contributed by atoms with E-state index in [9.17, 15) is 8.42 Å². The van der Waals surface area contributed by atoms with E-state index >= 15 is 0 Å². The van der Waals surface area contributed by atoms with Crippen LogP contribution in [0.15, 0.2) is 23.1 Å². The number of rotatable bonds is 6. The maximum Gasteiger partial charge on any atom is 0.240 e. The van der Waals surface area contributed by atoms with Gasteiger partial charge >= 0.3 is 0 Å². The van der Waals surface area contributed by atoms with Crippen molar-refractivity contribution in [2.45, 2.75) is 31.3 Å². The number of nitrogens with one attached hydrogen (secondary N) is 1. The first kappa shape index (κ1) is 17.0. The van der Waals surface area contributed by atoms with Crippen molar-refractivity contribution in [3.63, 3.8) is 0 Å². The van der Waals surface area contributed by atoms with E-state index in [4.69, 9.17) is 22.7 Å². The first-order chi connectivity index (χ1) is 9.09. The molecule has 0 aromatic heterocycles. The topological polar surface area (TPSA) is 81.4 Å². The molecule has 20 heavy (non-hydrogen) atoms. The molecular weight excluding hydrogens is 296 g/mol. The van der Waals surface area contributed by atoms with Gasteiger partial charge in [-0.2, -0.15) is 0 Å². The van der Waals surface area contributed by atoms with E-state index in [2.05, 4.69) is 4.72 Å². The van der Waals surface area contributed by atoms with Gasteiger partial charge in [-0.3, -0.25) is 0 Å². The number of benzene rings is 1. The second kappa shape index (κ2) is 6.17. The smallest absolute Gasteiger partial charge is 0.240 e. The number of thiocarbonyl (C=S) groups is 1. The zero-order chi connectivity index (χ0) is 15.6. The van der Waals surface area contributed by atoms with Gasteiger partial charge in [0, 0.05) is 19.2 Å². The predicted octanol–water partition coefficient (Wildman–Crippen LogP) is 1.33. The third kappa shape index (κ3) is 4.24. The molecule has 0 bridgehead atoms. The molecule has 112 valence electrons. The Morgan fingerprint density at radius 2 is 2.05 bits per heavy atom. The van der Waals surface area contributed by atoms with Crippen molar-refractivity contribution >= 4 is 27.2 Å². The Balaban J connectivity index is 3.02. The van der Waals surface area contributed by atoms with Crippen LogP contribution in [-0.2, 0) is 14.8 Å². The molecule has 0 aliphatic carbocycles. The molecule has 0 radical (unpaired) electrons. The Bertz CT molecular complexity index is 610. The van der Waals surface area contributed by atoms with Gasteiger partial charge in [0.15, 0.2) is 0 Å². The highest BCUT2D eigenvalue weighted by atomic mass is 32.2. The summed E-state index contributed by atoms with van der Waals surface area (Å²) in [6.45, 7) is 5.50. The number of methoxy groups -OCH3 is 1. The maximum absolute atomic E-state index is 12.3. The minimum Gasteiger partial charge on any atom is -0.389 e. The standard InChI is InChI=1S/C13H20N2O3S2/c1-9-7-10(12(14)19)5-6-11(9)20(16,17)15-8-13(2,3)18-4/h5-7,15H,8H2,1-4H3,(H2,14,19). The van der Waals surface area contributed by atoms with Crippen molar-refractivity contribution in [1.29, 1.82) is 0 Å². The summed E-state index contributed by atoms with van der Waals surface area (Å²) in [6.07, 6.45) is 0. The molecule has 3 N–H and O–H groups in total. The minimum absolute atomic E-state index is 0.183. The van der Waals surface area contributed by atoms with Gasteiger partial charge in [-0.1, -0.05) is 18.3 Å². The minimum atomic E-state index is -3.59. The number of nitrogens with two attached hydrogens (primary N) is 1. The third-order valence-electron chi connectivity index (χ3n) is 2.99. The Morgan fingerprint density at radius 1 is 1.45 bits per heavy atom. The maximum atomic E-state index is 12.3. The first-order valence-electron chi connectivity index (χ1n) is 6.04. The molecule has 1 aromatic carbocycles. The molecule has 0 heterocycles. The van der Waals surface area contributed by atoms with Crippen molar-refractivity contribution in [3.8, 4) is 0 Å². The molecule has 0 fully saturated rings. The SMILES string of the molecule is COC(C)(C)CNS(=O)(=O)c1ccc(C(N)=S)cc1C. The zero-order valence-electron chi connectivity index (χ0n) is 12.1. The van der Waals surface area contributed by atoms with Gasteiger partial charge in [-0.05, 0) is 38.5 Å². The average molecular weight is 316 g/mol. The van der Waals surface area contributed by atoms with Gasteiger partial charge in [-0.15, -0.1) is 0 Å². The van der Waals surface area contributed by atoms with Crippen LogP contribution in [0.1, 0.15) is 25.0 Å². The van der Waals surface area contributed by atoms with Gasteiger partial charge in [0.1, 0.15) is 4.99 Å². The lowest BCUT2D eigenvalue weighted by molar-refractivity contribution is 0.0276. The normalized spacial score (nSPS) is 12.4. The number of ether oxygens (including phenoxy) is 1. The highest BCUT2D eigenvalue weighted by Crippen LogP contribution is 2.17. The summed E-state index contributed by atoms with van der Waals surface area (Å²) in [7, 11) is -2.05. The molecule has 0 unspecified atom stereocenters. The van der Waals surface area contributed by atoms with Gasteiger partial charge in [0.25, 0.3) is 0 Å². The van der Waals surface area contributed by atoms with Crippen LogP contribution < -0.4 is 10.5 Å². The van der Waals surface area contributed by atoms with E-state index in [0.29, 0.717) is 11.1 Å². The summed E-state index contributed by atoms with van der Waals surface area (Å²) in [4.78, 5) is 0.454. The molecule has 0 saturated carbocycles. The van der Waals surface area contributed by atoms with Crippen LogP contribution in [-0.4, -0.2) is 32.7 Å². The van der Waals surface area contributed by atoms with E-state index in [1.165, 1.54) is 13.2 Å². The fraction of sp³-hybridized carbons (Fsp3) is 0.462. The Hall–Kier alpha value is -1.02. The molecule has 0 aliphatic rings. The molecule has 1 rings (SSSR count). The number of aryl methyl sites for hydroxylation is 1. The Labute approximate surface area is 125 Å². The van der Waals surface area contributed by atoms with Gasteiger partial charge in [-0.25, -0.2) is 13.1 Å². The average Bonchev–Trinajstić information content (AvgIpc) is 2.36. The molecular formula is C13H20N2O3S2. The fourth-order valence-electron chi connectivity index (χ4n) is 1.52. The van der Waals surface area contributed by atoms with Crippen LogP contribution in [0.25, 0.3) is 0 Å². The Morgan fingerprint density at radius 3 is 2.50 bits per heavy atom. The monoisotopic (exact) mass is 316 g/mol. The molecule has 0 atom stereocenters. The van der Waals surface area contributed by atoms with E-state index in [1.807, 2.05) is 0 Å². The summed E-state index contributed by atoms with van der Waals surface area (Å²) >= 11 is 4.87. The van der Waals surface area contributed by atoms with Crippen LogP contribution in [0.5, 0.6) is 0 Å². The molecule has 0 spiro atoms. The van der Waals surface area contributed by atoms with E-state index in [1.54, 1.807) is 32.9 Å². The number of sulfonamides is 1. The molecule has 5 nitrogen and oxygen atoms in total. The lowest BCUT2D eigenvalue weighted by Crippen LogP contribution is -2.39. The number of hydrogen-bond donors (Lipinski definition) is 2. The second-order valence-electron chi connectivity index (χ2n) is 5.13. The highest BCUT2D eigenvalue weighted by molar-refractivity contribution is 7.89. The van der Waals surface area contributed by atoms with Crippen LogP contribution >= 0.6 is 12.2 Å². The lowest BCUT2D eigenvalue weighted by Gasteiger charge is -2.23. The van der Waals surface area contributed by atoms with Gasteiger partial charge < -0.3 is 10.5 Å². The molecule has 0 aliphatic heterocycles. The van der Waals surface area contributed by atoms with Crippen molar-refractivity contribution in [2.75, 3.05) is 13.7 Å². The molecule has 0 amide bonds. The number of hydrogen-bond acceptors (Lipinski definition) is 4. The highest BCUT2D eigenvalue weighted by Gasteiger charge is 2.23. The van der Waals surface area contributed by atoms with Crippen molar-refractivity contribution < 1.29 is 13.2 Å². The Kier molecular flexibility index (Phi) is 5.26. The fourth-order valence-corrected chi connectivity index (χ4v) is 3.07. The van der Waals surface area contributed by atoms with Crippen LogP contribution in [0.3, 0.4) is 0 Å². The third-order valence-corrected chi connectivity index (χ3v) is 4.79. The summed E-state index contributed by atoms with van der Waals surface area (Å²) in [5, 5.41) is 0. The summed E-state index contributed by atoms with van der Waals surface area (Å²) in [5.74, 6) is 0. The van der Waals surface area contributed by atoms with E-state index in [0.717, 1.165) is 0 Å². The second-order valence-corrected chi connectivity index (χ2v) is 7.31. The summed E-state index contributed by atoms with van der Waals surface area (Å²) in [5.41, 5.74) is 6.20. The molecule has 1 aromatic rings. The first-order valence-corrected chi connectivity index (χ1v) is 7.93. The molecule has 7 heteroatoms. The predicted molar refractivity (Wildman–Crippen MR) is 83.3 cm³/mol. The van der Waals surface area contributed by atoms with E-state index in [-0.39, 0.29) is 16.4 Å². The van der Waals surface area contributed by atoms with Crippen molar-refractivity contribution in [3.05, 3.63) is 29.3 Å². The quantitative estimate of drug-likeness (QED) is 0.774. The van der Waals surface area contributed by atoms with Gasteiger partial charge in [0.05, 0.1) is 10.5 Å². The van der Waals surface area contributed by atoms with E-state index < -0.39 is 15.6 Å². The van der Waals surface area contributed by atoms with Crippen LogP contribution in [0.4, 0.5) is 0 Å².